The van der Waals surface area contributed by atoms with Gasteiger partial charge in [-0.2, -0.15) is 5.10 Å². The Bertz CT molecular complexity index is 520. The molecule has 1 heterocycles. The predicted octanol–water partition coefficient (Wildman–Crippen LogP) is 1.68. The lowest BCUT2D eigenvalue weighted by atomic mass is 10.1. The van der Waals surface area contributed by atoms with Crippen LogP contribution in [0, 0.1) is 5.92 Å². The van der Waals surface area contributed by atoms with E-state index in [1.54, 1.807) is 16.9 Å². The molecular formula is C14H16N2O2. The SMILES string of the molecule is OC(c1ccnn1-c1ccccc1)C(O)C1CC1. The van der Waals surface area contributed by atoms with Crippen molar-refractivity contribution >= 4 is 0 Å². The van der Waals surface area contributed by atoms with Gasteiger partial charge in [0.2, 0.25) is 0 Å². The van der Waals surface area contributed by atoms with Gasteiger partial charge in [-0.3, -0.25) is 0 Å². The van der Waals surface area contributed by atoms with E-state index in [9.17, 15) is 10.2 Å². The second-order valence-corrected chi connectivity index (χ2v) is 4.78. The second-order valence-electron chi connectivity index (χ2n) is 4.78. The molecule has 4 nitrogen and oxygen atoms in total. The maximum atomic E-state index is 10.2. The Morgan fingerprint density at radius 1 is 1.11 bits per heavy atom. The molecule has 1 aliphatic rings. The molecule has 1 aromatic heterocycles. The fourth-order valence-corrected chi connectivity index (χ4v) is 2.19. The lowest BCUT2D eigenvalue weighted by Gasteiger charge is -2.18. The second kappa shape index (κ2) is 4.55. The number of hydrogen-bond donors (Lipinski definition) is 2. The molecule has 0 spiro atoms. The zero-order chi connectivity index (χ0) is 12.5. The maximum Gasteiger partial charge on any atom is 0.122 e. The Morgan fingerprint density at radius 2 is 1.83 bits per heavy atom. The van der Waals surface area contributed by atoms with Gasteiger partial charge in [0.15, 0.2) is 0 Å². The third-order valence-electron chi connectivity index (χ3n) is 3.40. The average molecular weight is 244 g/mol. The first kappa shape index (κ1) is 11.4. The van der Waals surface area contributed by atoms with Gasteiger partial charge in [-0.05, 0) is 37.0 Å². The van der Waals surface area contributed by atoms with Crippen molar-refractivity contribution in [3.05, 3.63) is 48.3 Å². The van der Waals surface area contributed by atoms with Crippen molar-refractivity contribution in [2.24, 2.45) is 5.92 Å². The lowest BCUT2D eigenvalue weighted by molar-refractivity contribution is 0.00111. The number of aromatic nitrogens is 2. The van der Waals surface area contributed by atoms with E-state index < -0.39 is 12.2 Å². The summed E-state index contributed by atoms with van der Waals surface area (Å²) in [4.78, 5) is 0. The normalized spacial score (nSPS) is 18.6. The molecule has 3 rings (SSSR count). The summed E-state index contributed by atoms with van der Waals surface area (Å²) in [7, 11) is 0. The van der Waals surface area contributed by atoms with Crippen LogP contribution in [-0.4, -0.2) is 26.1 Å². The highest BCUT2D eigenvalue weighted by Gasteiger charge is 2.36. The topological polar surface area (TPSA) is 58.3 Å². The van der Waals surface area contributed by atoms with Crippen LogP contribution in [-0.2, 0) is 0 Å². The number of hydrogen-bond acceptors (Lipinski definition) is 3. The number of aliphatic hydroxyl groups is 2. The van der Waals surface area contributed by atoms with E-state index in [1.165, 1.54) is 0 Å². The van der Waals surface area contributed by atoms with Crippen molar-refractivity contribution in [2.45, 2.75) is 25.0 Å². The molecule has 4 heteroatoms. The maximum absolute atomic E-state index is 10.2. The molecule has 1 fully saturated rings. The summed E-state index contributed by atoms with van der Waals surface area (Å²) in [6.45, 7) is 0. The molecule has 0 radical (unpaired) electrons. The number of rotatable bonds is 4. The lowest BCUT2D eigenvalue weighted by Crippen LogP contribution is -2.22. The summed E-state index contributed by atoms with van der Waals surface area (Å²) < 4.78 is 1.68. The van der Waals surface area contributed by atoms with Crippen molar-refractivity contribution in [1.29, 1.82) is 0 Å². The van der Waals surface area contributed by atoms with E-state index >= 15 is 0 Å². The van der Waals surface area contributed by atoms with Gasteiger partial charge >= 0.3 is 0 Å². The fourth-order valence-electron chi connectivity index (χ4n) is 2.19. The standard InChI is InChI=1S/C14H16N2O2/c17-13(10-6-7-10)14(18)12-8-9-15-16(12)11-4-2-1-3-5-11/h1-5,8-10,13-14,17-18H,6-7H2. The number of benzene rings is 1. The van der Waals surface area contributed by atoms with Crippen LogP contribution in [0.4, 0.5) is 0 Å². The van der Waals surface area contributed by atoms with Crippen molar-refractivity contribution in [2.75, 3.05) is 0 Å². The Balaban J connectivity index is 1.91. The molecule has 2 aromatic rings. The zero-order valence-corrected chi connectivity index (χ0v) is 9.98. The van der Waals surface area contributed by atoms with Crippen LogP contribution in [0.1, 0.15) is 24.6 Å². The van der Waals surface area contributed by atoms with Crippen LogP contribution in [0.3, 0.4) is 0 Å². The summed E-state index contributed by atoms with van der Waals surface area (Å²) in [5.74, 6) is 0.235. The fraction of sp³-hybridized carbons (Fsp3) is 0.357. The third-order valence-corrected chi connectivity index (χ3v) is 3.40. The van der Waals surface area contributed by atoms with Gasteiger partial charge in [-0.25, -0.2) is 4.68 Å². The first-order valence-corrected chi connectivity index (χ1v) is 6.23. The van der Waals surface area contributed by atoms with Crippen LogP contribution in [0.25, 0.3) is 5.69 Å². The van der Waals surface area contributed by atoms with E-state index in [0.717, 1.165) is 18.5 Å². The van der Waals surface area contributed by atoms with Crippen molar-refractivity contribution in [3.8, 4) is 5.69 Å². The highest BCUT2D eigenvalue weighted by atomic mass is 16.3. The minimum Gasteiger partial charge on any atom is -0.390 e. The first-order chi connectivity index (χ1) is 8.77. The van der Waals surface area contributed by atoms with E-state index in [1.807, 2.05) is 30.3 Å². The van der Waals surface area contributed by atoms with Crippen LogP contribution in [0.15, 0.2) is 42.6 Å². The quantitative estimate of drug-likeness (QED) is 0.860. The summed E-state index contributed by atoms with van der Waals surface area (Å²) in [6, 6.07) is 11.4. The molecular weight excluding hydrogens is 228 g/mol. The Kier molecular flexibility index (Phi) is 2.89. The molecule has 1 saturated carbocycles. The third kappa shape index (κ3) is 2.05. The summed E-state index contributed by atoms with van der Waals surface area (Å²) >= 11 is 0. The molecule has 1 aliphatic carbocycles. The minimum absolute atomic E-state index is 0.235. The zero-order valence-electron chi connectivity index (χ0n) is 9.98. The van der Waals surface area contributed by atoms with Gasteiger partial charge in [0.25, 0.3) is 0 Å². The van der Waals surface area contributed by atoms with Gasteiger partial charge in [0, 0.05) is 6.20 Å². The monoisotopic (exact) mass is 244 g/mol. The van der Waals surface area contributed by atoms with Gasteiger partial charge in [0.05, 0.1) is 17.5 Å². The van der Waals surface area contributed by atoms with Gasteiger partial charge in [0.1, 0.15) is 6.10 Å². The van der Waals surface area contributed by atoms with Crippen LogP contribution in [0.5, 0.6) is 0 Å². The average Bonchev–Trinajstić information content (AvgIpc) is 3.15. The molecule has 2 atom stereocenters. The van der Waals surface area contributed by atoms with Gasteiger partial charge < -0.3 is 10.2 Å². The van der Waals surface area contributed by atoms with Crippen molar-refractivity contribution < 1.29 is 10.2 Å². The van der Waals surface area contributed by atoms with E-state index in [0.29, 0.717) is 5.69 Å². The molecule has 0 bridgehead atoms. The van der Waals surface area contributed by atoms with E-state index in [-0.39, 0.29) is 5.92 Å². The van der Waals surface area contributed by atoms with E-state index in [2.05, 4.69) is 5.10 Å². The molecule has 0 amide bonds. The van der Waals surface area contributed by atoms with Gasteiger partial charge in [-0.1, -0.05) is 18.2 Å². The highest BCUT2D eigenvalue weighted by Crippen LogP contribution is 2.38. The highest BCUT2D eigenvalue weighted by molar-refractivity contribution is 5.33. The predicted molar refractivity (Wildman–Crippen MR) is 67.3 cm³/mol. The van der Waals surface area contributed by atoms with Crippen LogP contribution < -0.4 is 0 Å². The first-order valence-electron chi connectivity index (χ1n) is 6.23. The van der Waals surface area contributed by atoms with E-state index in [4.69, 9.17) is 0 Å². The van der Waals surface area contributed by atoms with Crippen molar-refractivity contribution in [1.82, 2.24) is 9.78 Å². The largest absolute Gasteiger partial charge is 0.390 e. The summed E-state index contributed by atoms with van der Waals surface area (Å²) in [5, 5.41) is 24.4. The Morgan fingerprint density at radius 3 is 2.50 bits per heavy atom. The molecule has 2 unspecified atom stereocenters. The molecule has 1 aromatic carbocycles. The molecule has 0 saturated heterocycles. The van der Waals surface area contributed by atoms with Crippen molar-refractivity contribution in [3.63, 3.8) is 0 Å². The molecule has 94 valence electrons. The Hall–Kier alpha value is -1.65. The van der Waals surface area contributed by atoms with Gasteiger partial charge in [-0.15, -0.1) is 0 Å². The van der Waals surface area contributed by atoms with Crippen LogP contribution in [0.2, 0.25) is 0 Å². The number of aliphatic hydroxyl groups excluding tert-OH is 2. The Labute approximate surface area is 106 Å². The number of para-hydroxylation sites is 1. The smallest absolute Gasteiger partial charge is 0.122 e. The molecule has 18 heavy (non-hydrogen) atoms. The summed E-state index contributed by atoms with van der Waals surface area (Å²) in [5.41, 5.74) is 1.53. The van der Waals surface area contributed by atoms with Crippen LogP contribution >= 0.6 is 0 Å². The number of nitrogens with zero attached hydrogens (tertiary/aromatic N) is 2. The molecule has 2 N–H and O–H groups in total. The summed E-state index contributed by atoms with van der Waals surface area (Å²) in [6.07, 6.45) is 2.07. The molecule has 0 aliphatic heterocycles. The minimum atomic E-state index is -0.875.